The van der Waals surface area contributed by atoms with E-state index >= 15 is 0 Å². The van der Waals surface area contributed by atoms with Gasteiger partial charge in [0, 0.05) is 19.5 Å². The molecule has 126 valence electrons. The van der Waals surface area contributed by atoms with E-state index < -0.39 is 5.97 Å². The largest absolute Gasteiger partial charge is 0.457 e. The van der Waals surface area contributed by atoms with Gasteiger partial charge in [0.2, 0.25) is 5.91 Å². The molecule has 1 aliphatic rings. The SMILES string of the molecule is N#Cc1ccc(COC(=O)c2ccc(CN3CCCC3=O)cc2)cc1. The Hall–Kier alpha value is -3.13. The molecule has 0 spiro atoms. The van der Waals surface area contributed by atoms with Crippen LogP contribution in [0.1, 0.15) is 39.9 Å². The van der Waals surface area contributed by atoms with E-state index in [2.05, 4.69) is 0 Å². The second-order valence-electron chi connectivity index (χ2n) is 6.00. The Morgan fingerprint density at radius 1 is 1.08 bits per heavy atom. The van der Waals surface area contributed by atoms with Crippen LogP contribution in [0, 0.1) is 11.3 Å². The Morgan fingerprint density at radius 3 is 2.36 bits per heavy atom. The van der Waals surface area contributed by atoms with Gasteiger partial charge in [-0.05, 0) is 41.8 Å². The lowest BCUT2D eigenvalue weighted by Gasteiger charge is -2.15. The monoisotopic (exact) mass is 334 g/mol. The number of carbonyl (C=O) groups excluding carboxylic acids is 2. The van der Waals surface area contributed by atoms with Crippen LogP contribution in [-0.4, -0.2) is 23.3 Å². The smallest absolute Gasteiger partial charge is 0.338 e. The minimum Gasteiger partial charge on any atom is -0.457 e. The second kappa shape index (κ2) is 7.63. The molecule has 2 aromatic carbocycles. The highest BCUT2D eigenvalue weighted by atomic mass is 16.5. The molecule has 25 heavy (non-hydrogen) atoms. The summed E-state index contributed by atoms with van der Waals surface area (Å²) in [6, 6.07) is 16.1. The summed E-state index contributed by atoms with van der Waals surface area (Å²) in [5.74, 6) is -0.209. The van der Waals surface area contributed by atoms with E-state index in [0.29, 0.717) is 24.1 Å². The van der Waals surface area contributed by atoms with Crippen molar-refractivity contribution < 1.29 is 14.3 Å². The molecule has 0 aliphatic carbocycles. The number of nitriles is 1. The fourth-order valence-electron chi connectivity index (χ4n) is 2.75. The number of benzene rings is 2. The highest BCUT2D eigenvalue weighted by molar-refractivity contribution is 5.89. The lowest BCUT2D eigenvalue weighted by molar-refractivity contribution is -0.128. The van der Waals surface area contributed by atoms with Crippen molar-refractivity contribution in [3.63, 3.8) is 0 Å². The van der Waals surface area contributed by atoms with Crippen LogP contribution in [0.3, 0.4) is 0 Å². The van der Waals surface area contributed by atoms with Crippen LogP contribution in [0.2, 0.25) is 0 Å². The molecule has 1 saturated heterocycles. The third-order valence-electron chi connectivity index (χ3n) is 4.19. The third kappa shape index (κ3) is 4.24. The van der Waals surface area contributed by atoms with Crippen LogP contribution >= 0.6 is 0 Å². The number of hydrogen-bond donors (Lipinski definition) is 0. The zero-order valence-corrected chi connectivity index (χ0v) is 13.8. The number of rotatable bonds is 5. The number of likely N-dealkylation sites (tertiary alicyclic amines) is 1. The van der Waals surface area contributed by atoms with Crippen LogP contribution in [0.4, 0.5) is 0 Å². The topological polar surface area (TPSA) is 70.4 Å². The van der Waals surface area contributed by atoms with Crippen molar-refractivity contribution in [3.8, 4) is 6.07 Å². The fraction of sp³-hybridized carbons (Fsp3) is 0.250. The van der Waals surface area contributed by atoms with Gasteiger partial charge in [0.15, 0.2) is 0 Å². The van der Waals surface area contributed by atoms with Crippen LogP contribution in [0.25, 0.3) is 0 Å². The minimum atomic E-state index is -0.395. The Morgan fingerprint density at radius 2 is 1.76 bits per heavy atom. The molecule has 5 heteroatoms. The molecular formula is C20H18N2O3. The van der Waals surface area contributed by atoms with E-state index in [1.54, 1.807) is 36.4 Å². The Kier molecular flexibility index (Phi) is 5.10. The molecule has 0 atom stereocenters. The van der Waals surface area contributed by atoms with E-state index in [0.717, 1.165) is 24.1 Å². The normalized spacial score (nSPS) is 13.6. The van der Waals surface area contributed by atoms with E-state index in [1.165, 1.54) is 0 Å². The first kappa shape index (κ1) is 16.7. The molecule has 0 saturated carbocycles. The third-order valence-corrected chi connectivity index (χ3v) is 4.19. The summed E-state index contributed by atoms with van der Waals surface area (Å²) >= 11 is 0. The summed E-state index contributed by atoms with van der Waals surface area (Å²) < 4.78 is 5.29. The average Bonchev–Trinajstić information content (AvgIpc) is 3.05. The number of ether oxygens (including phenoxy) is 1. The molecule has 1 fully saturated rings. The highest BCUT2D eigenvalue weighted by Crippen LogP contribution is 2.15. The number of carbonyl (C=O) groups is 2. The summed E-state index contributed by atoms with van der Waals surface area (Å²) in [5.41, 5.74) is 2.88. The lowest BCUT2D eigenvalue weighted by Crippen LogP contribution is -2.23. The highest BCUT2D eigenvalue weighted by Gasteiger charge is 2.20. The minimum absolute atomic E-state index is 0.161. The van der Waals surface area contributed by atoms with Crippen LogP contribution in [0.15, 0.2) is 48.5 Å². The Labute approximate surface area is 146 Å². The molecule has 0 unspecified atom stereocenters. The van der Waals surface area contributed by atoms with E-state index in [4.69, 9.17) is 10.00 Å². The van der Waals surface area contributed by atoms with E-state index in [-0.39, 0.29) is 12.5 Å². The lowest BCUT2D eigenvalue weighted by atomic mass is 10.1. The maximum atomic E-state index is 12.1. The maximum Gasteiger partial charge on any atom is 0.338 e. The standard InChI is InChI=1S/C20H18N2O3/c21-12-15-3-5-17(6-4-15)14-25-20(24)18-9-7-16(8-10-18)13-22-11-1-2-19(22)23/h3-10H,1-2,11,13-14H2. The van der Waals surface area contributed by atoms with Crippen molar-refractivity contribution in [2.75, 3.05) is 6.54 Å². The first-order chi connectivity index (χ1) is 12.2. The van der Waals surface area contributed by atoms with Gasteiger partial charge in [-0.1, -0.05) is 24.3 Å². The Bertz CT molecular complexity index is 804. The van der Waals surface area contributed by atoms with Crippen molar-refractivity contribution in [2.45, 2.75) is 26.0 Å². The fourth-order valence-corrected chi connectivity index (χ4v) is 2.75. The molecule has 1 heterocycles. The molecule has 0 N–H and O–H groups in total. The maximum absolute atomic E-state index is 12.1. The van der Waals surface area contributed by atoms with Gasteiger partial charge in [-0.3, -0.25) is 4.79 Å². The molecule has 0 bridgehead atoms. The predicted molar refractivity (Wildman–Crippen MR) is 91.4 cm³/mol. The van der Waals surface area contributed by atoms with Crippen molar-refractivity contribution >= 4 is 11.9 Å². The summed E-state index contributed by atoms with van der Waals surface area (Å²) in [5, 5.41) is 8.76. The summed E-state index contributed by atoms with van der Waals surface area (Å²) in [6.45, 7) is 1.54. The second-order valence-corrected chi connectivity index (χ2v) is 6.00. The van der Waals surface area contributed by atoms with Gasteiger partial charge in [-0.2, -0.15) is 5.26 Å². The first-order valence-electron chi connectivity index (χ1n) is 8.18. The van der Waals surface area contributed by atoms with Gasteiger partial charge in [-0.25, -0.2) is 4.79 Å². The number of amides is 1. The number of nitrogens with zero attached hydrogens (tertiary/aromatic N) is 2. The predicted octanol–water partition coefficient (Wildman–Crippen LogP) is 3.04. The quantitative estimate of drug-likeness (QED) is 0.788. The van der Waals surface area contributed by atoms with Crippen molar-refractivity contribution in [3.05, 3.63) is 70.8 Å². The first-order valence-corrected chi connectivity index (χ1v) is 8.18. The van der Waals surface area contributed by atoms with Gasteiger partial charge in [0.1, 0.15) is 6.61 Å². The van der Waals surface area contributed by atoms with Crippen molar-refractivity contribution in [2.24, 2.45) is 0 Å². The van der Waals surface area contributed by atoms with E-state index in [1.807, 2.05) is 23.1 Å². The molecule has 2 aromatic rings. The van der Waals surface area contributed by atoms with Crippen LogP contribution in [0.5, 0.6) is 0 Å². The van der Waals surface area contributed by atoms with E-state index in [9.17, 15) is 9.59 Å². The van der Waals surface area contributed by atoms with Crippen molar-refractivity contribution in [1.29, 1.82) is 5.26 Å². The molecule has 1 aliphatic heterocycles. The molecule has 3 rings (SSSR count). The number of esters is 1. The van der Waals surface area contributed by atoms with Gasteiger partial charge in [0.25, 0.3) is 0 Å². The van der Waals surface area contributed by atoms with Gasteiger partial charge < -0.3 is 9.64 Å². The van der Waals surface area contributed by atoms with Crippen LogP contribution in [-0.2, 0) is 22.7 Å². The van der Waals surface area contributed by atoms with Gasteiger partial charge >= 0.3 is 5.97 Å². The van der Waals surface area contributed by atoms with Gasteiger partial charge in [-0.15, -0.1) is 0 Å². The summed E-state index contributed by atoms with van der Waals surface area (Å²) in [4.78, 5) is 25.6. The molecule has 0 radical (unpaired) electrons. The summed E-state index contributed by atoms with van der Waals surface area (Å²) in [6.07, 6.45) is 1.54. The zero-order valence-electron chi connectivity index (χ0n) is 13.8. The molecule has 0 aromatic heterocycles. The Balaban J connectivity index is 1.55. The number of hydrogen-bond acceptors (Lipinski definition) is 4. The zero-order chi connectivity index (χ0) is 17.6. The summed E-state index contributed by atoms with van der Waals surface area (Å²) in [7, 11) is 0. The molecular weight excluding hydrogens is 316 g/mol. The van der Waals surface area contributed by atoms with Crippen LogP contribution < -0.4 is 0 Å². The average molecular weight is 334 g/mol. The van der Waals surface area contributed by atoms with Gasteiger partial charge in [0.05, 0.1) is 17.2 Å². The molecule has 1 amide bonds. The van der Waals surface area contributed by atoms with Crippen molar-refractivity contribution in [1.82, 2.24) is 4.90 Å². The molecule has 5 nitrogen and oxygen atoms in total.